The molecule has 0 aromatic carbocycles. The zero-order valence-corrected chi connectivity index (χ0v) is 8.08. The van der Waals surface area contributed by atoms with Crippen molar-refractivity contribution < 1.29 is 9.63 Å². The molecule has 1 aliphatic rings. The Morgan fingerprint density at radius 1 is 1.64 bits per heavy atom. The highest BCUT2D eigenvalue weighted by molar-refractivity contribution is 5.28. The van der Waals surface area contributed by atoms with Gasteiger partial charge in [-0.05, 0) is 13.3 Å². The van der Waals surface area contributed by atoms with Crippen LogP contribution in [0.15, 0.2) is 4.52 Å². The normalized spacial score (nSPS) is 19.0. The molecular formula is C8H14N4O2. The van der Waals surface area contributed by atoms with E-state index in [1.54, 1.807) is 6.92 Å². The maximum Gasteiger partial charge on any atom is 0.321 e. The van der Waals surface area contributed by atoms with Crippen molar-refractivity contribution in [2.75, 3.05) is 25.0 Å². The molecule has 6 heteroatoms. The maximum atomic E-state index is 8.92. The van der Waals surface area contributed by atoms with Crippen LogP contribution in [0.3, 0.4) is 0 Å². The van der Waals surface area contributed by atoms with Gasteiger partial charge in [0.05, 0.1) is 5.54 Å². The molecular weight excluding hydrogens is 184 g/mol. The summed E-state index contributed by atoms with van der Waals surface area (Å²) in [6.45, 7) is 3.55. The zero-order chi connectivity index (χ0) is 10.0. The summed E-state index contributed by atoms with van der Waals surface area (Å²) in [5.74, 6) is 0.610. The lowest BCUT2D eigenvalue weighted by molar-refractivity contribution is 0.203. The summed E-state index contributed by atoms with van der Waals surface area (Å²) in [6, 6.07) is 0.428. The number of hydrogen-bond donors (Lipinski definition) is 3. The van der Waals surface area contributed by atoms with E-state index in [-0.39, 0.29) is 12.1 Å². The van der Waals surface area contributed by atoms with Gasteiger partial charge in [-0.1, -0.05) is 5.16 Å². The van der Waals surface area contributed by atoms with E-state index >= 15 is 0 Å². The highest BCUT2D eigenvalue weighted by Gasteiger charge is 2.37. The number of nitrogens with zero attached hydrogens (tertiary/aromatic N) is 2. The Labute approximate surface area is 81.7 Å². The van der Waals surface area contributed by atoms with Gasteiger partial charge in [0.25, 0.3) is 0 Å². The van der Waals surface area contributed by atoms with Crippen molar-refractivity contribution in [3.8, 4) is 0 Å². The first kappa shape index (κ1) is 9.42. The average Bonchev–Trinajstić information content (AvgIpc) is 2.48. The fourth-order valence-electron chi connectivity index (χ4n) is 1.54. The van der Waals surface area contributed by atoms with E-state index in [0.717, 1.165) is 13.1 Å². The van der Waals surface area contributed by atoms with Crippen molar-refractivity contribution in [2.45, 2.75) is 18.9 Å². The minimum absolute atomic E-state index is 0.117. The van der Waals surface area contributed by atoms with E-state index < -0.39 is 0 Å². The van der Waals surface area contributed by atoms with Crippen LogP contribution in [0.25, 0.3) is 0 Å². The molecule has 0 radical (unpaired) electrons. The minimum Gasteiger partial charge on any atom is -0.396 e. The van der Waals surface area contributed by atoms with Gasteiger partial charge in [0.1, 0.15) is 0 Å². The van der Waals surface area contributed by atoms with E-state index in [0.29, 0.717) is 18.3 Å². The highest BCUT2D eigenvalue weighted by Crippen LogP contribution is 2.21. The highest BCUT2D eigenvalue weighted by atomic mass is 16.5. The van der Waals surface area contributed by atoms with E-state index in [1.807, 2.05) is 0 Å². The standard InChI is InChI=1S/C8H14N4O2/c1-6-10-7(14-12-6)11-8(2-3-13)4-9-5-8/h9,13H,2-5H2,1H3,(H,10,11,12). The molecule has 0 aliphatic carbocycles. The maximum absolute atomic E-state index is 8.92. The van der Waals surface area contributed by atoms with Gasteiger partial charge >= 0.3 is 6.01 Å². The van der Waals surface area contributed by atoms with Gasteiger partial charge in [-0.2, -0.15) is 4.98 Å². The van der Waals surface area contributed by atoms with Crippen molar-refractivity contribution in [3.05, 3.63) is 5.82 Å². The van der Waals surface area contributed by atoms with Crippen molar-refractivity contribution in [1.82, 2.24) is 15.5 Å². The summed E-state index contributed by atoms with van der Waals surface area (Å²) in [4.78, 5) is 4.06. The molecule has 1 aliphatic heterocycles. The summed E-state index contributed by atoms with van der Waals surface area (Å²) in [5, 5.41) is 18.9. The molecule has 0 saturated carbocycles. The lowest BCUT2D eigenvalue weighted by Gasteiger charge is -2.42. The van der Waals surface area contributed by atoms with Crippen LogP contribution in [0.2, 0.25) is 0 Å². The average molecular weight is 198 g/mol. The van der Waals surface area contributed by atoms with Gasteiger partial charge in [0.2, 0.25) is 0 Å². The summed E-state index contributed by atoms with van der Waals surface area (Å²) >= 11 is 0. The second-order valence-electron chi connectivity index (χ2n) is 3.63. The van der Waals surface area contributed by atoms with Gasteiger partial charge in [-0.25, -0.2) is 0 Å². The number of aromatic nitrogens is 2. The molecule has 0 spiro atoms. The van der Waals surface area contributed by atoms with Crippen LogP contribution >= 0.6 is 0 Å². The van der Waals surface area contributed by atoms with E-state index in [1.165, 1.54) is 0 Å². The Balaban J connectivity index is 2.01. The van der Waals surface area contributed by atoms with Crippen molar-refractivity contribution in [3.63, 3.8) is 0 Å². The van der Waals surface area contributed by atoms with Crippen LogP contribution in [0.1, 0.15) is 12.2 Å². The molecule has 2 rings (SSSR count). The van der Waals surface area contributed by atoms with Gasteiger partial charge in [0, 0.05) is 19.7 Å². The monoisotopic (exact) mass is 198 g/mol. The van der Waals surface area contributed by atoms with Crippen molar-refractivity contribution >= 4 is 6.01 Å². The molecule has 78 valence electrons. The van der Waals surface area contributed by atoms with Crippen LogP contribution in [0, 0.1) is 6.92 Å². The molecule has 6 nitrogen and oxygen atoms in total. The molecule has 0 bridgehead atoms. The lowest BCUT2D eigenvalue weighted by Crippen LogP contribution is -2.64. The SMILES string of the molecule is Cc1noc(NC2(CCO)CNC2)n1. The largest absolute Gasteiger partial charge is 0.396 e. The van der Waals surface area contributed by atoms with Crippen LogP contribution < -0.4 is 10.6 Å². The van der Waals surface area contributed by atoms with Gasteiger partial charge in [0.15, 0.2) is 5.82 Å². The molecule has 3 N–H and O–H groups in total. The van der Waals surface area contributed by atoms with Gasteiger partial charge in [-0.15, -0.1) is 0 Å². The number of nitrogens with one attached hydrogen (secondary N) is 2. The minimum atomic E-state index is -0.117. The predicted octanol–water partition coefficient (Wildman–Crippen LogP) is -0.486. The number of aliphatic hydroxyl groups is 1. The molecule has 1 aromatic rings. The first-order chi connectivity index (χ1) is 6.74. The predicted molar refractivity (Wildman–Crippen MR) is 50.0 cm³/mol. The summed E-state index contributed by atoms with van der Waals surface area (Å²) in [7, 11) is 0. The second kappa shape index (κ2) is 3.55. The Bertz CT molecular complexity index is 308. The lowest BCUT2D eigenvalue weighted by atomic mass is 9.89. The van der Waals surface area contributed by atoms with Crippen molar-refractivity contribution in [2.24, 2.45) is 0 Å². The fourth-order valence-corrected chi connectivity index (χ4v) is 1.54. The third kappa shape index (κ3) is 1.71. The van der Waals surface area contributed by atoms with E-state index in [4.69, 9.17) is 9.63 Å². The first-order valence-corrected chi connectivity index (χ1v) is 4.64. The van der Waals surface area contributed by atoms with Crippen LogP contribution in [-0.2, 0) is 0 Å². The summed E-state index contributed by atoms with van der Waals surface area (Å²) < 4.78 is 4.96. The summed E-state index contributed by atoms with van der Waals surface area (Å²) in [5.41, 5.74) is -0.117. The van der Waals surface area contributed by atoms with Crippen molar-refractivity contribution in [1.29, 1.82) is 0 Å². The van der Waals surface area contributed by atoms with Crippen LogP contribution in [-0.4, -0.2) is 40.5 Å². The van der Waals surface area contributed by atoms with Crippen LogP contribution in [0.5, 0.6) is 0 Å². The molecule has 2 heterocycles. The Hall–Kier alpha value is -1.14. The first-order valence-electron chi connectivity index (χ1n) is 4.64. The molecule has 14 heavy (non-hydrogen) atoms. The molecule has 1 saturated heterocycles. The van der Waals surface area contributed by atoms with E-state index in [9.17, 15) is 0 Å². The zero-order valence-electron chi connectivity index (χ0n) is 8.08. The molecule has 0 amide bonds. The number of anilines is 1. The Morgan fingerprint density at radius 2 is 2.43 bits per heavy atom. The Morgan fingerprint density at radius 3 is 2.86 bits per heavy atom. The van der Waals surface area contributed by atoms with Crippen LogP contribution in [0.4, 0.5) is 6.01 Å². The fraction of sp³-hybridized carbons (Fsp3) is 0.750. The second-order valence-corrected chi connectivity index (χ2v) is 3.63. The molecule has 0 unspecified atom stereocenters. The quantitative estimate of drug-likeness (QED) is 0.605. The Kier molecular flexibility index (Phi) is 2.39. The van der Waals surface area contributed by atoms with E-state index in [2.05, 4.69) is 20.8 Å². The smallest absolute Gasteiger partial charge is 0.321 e. The number of hydrogen-bond acceptors (Lipinski definition) is 6. The number of aryl methyl sites for hydroxylation is 1. The van der Waals surface area contributed by atoms with Gasteiger partial charge < -0.3 is 20.3 Å². The molecule has 1 aromatic heterocycles. The third-order valence-corrected chi connectivity index (χ3v) is 2.42. The summed E-state index contributed by atoms with van der Waals surface area (Å²) in [6.07, 6.45) is 0.682. The topological polar surface area (TPSA) is 83.2 Å². The van der Waals surface area contributed by atoms with Gasteiger partial charge in [-0.3, -0.25) is 0 Å². The number of rotatable bonds is 4. The number of aliphatic hydroxyl groups excluding tert-OH is 1. The molecule has 1 fully saturated rings. The third-order valence-electron chi connectivity index (χ3n) is 2.42. The molecule has 0 atom stereocenters.